The molecule has 1 N–H and O–H groups in total. The Morgan fingerprint density at radius 3 is 2.51 bits per heavy atom. The highest BCUT2D eigenvalue weighted by atomic mass is 19.1. The van der Waals surface area contributed by atoms with E-state index < -0.39 is 11.7 Å². The first-order valence-corrected chi connectivity index (χ1v) is 13.7. The van der Waals surface area contributed by atoms with E-state index in [4.69, 9.17) is 18.7 Å². The van der Waals surface area contributed by atoms with Crippen molar-refractivity contribution in [2.75, 3.05) is 57.8 Å². The van der Waals surface area contributed by atoms with Crippen LogP contribution in [0.4, 0.5) is 15.8 Å². The molecule has 224 valence electrons. The summed E-state index contributed by atoms with van der Waals surface area (Å²) in [5.74, 6) is -0.0472. The largest absolute Gasteiger partial charge is 0.493 e. The number of benzene rings is 3. The van der Waals surface area contributed by atoms with E-state index in [9.17, 15) is 14.0 Å². The van der Waals surface area contributed by atoms with Crippen molar-refractivity contribution < 1.29 is 32.7 Å². The number of hydrogen-bond donors (Lipinski definition) is 1. The van der Waals surface area contributed by atoms with E-state index >= 15 is 0 Å². The van der Waals surface area contributed by atoms with Gasteiger partial charge in [0, 0.05) is 55.2 Å². The van der Waals surface area contributed by atoms with Crippen LogP contribution in [0.3, 0.4) is 0 Å². The number of nitrogens with zero attached hydrogens (tertiary/aromatic N) is 3. The molecule has 2 heterocycles. The molecule has 3 aromatic carbocycles. The zero-order valence-electron chi connectivity index (χ0n) is 24.5. The first-order chi connectivity index (χ1) is 20.7. The zero-order valence-corrected chi connectivity index (χ0v) is 24.5. The molecule has 2 amide bonds. The van der Waals surface area contributed by atoms with Crippen molar-refractivity contribution in [3.63, 3.8) is 0 Å². The summed E-state index contributed by atoms with van der Waals surface area (Å²) < 4.78 is 35.9. The Balaban J connectivity index is 1.30. The maximum Gasteiger partial charge on any atom is 0.292 e. The molecule has 4 aromatic rings. The molecule has 1 aliphatic rings. The van der Waals surface area contributed by atoms with Gasteiger partial charge >= 0.3 is 0 Å². The molecule has 0 atom stereocenters. The molecular formula is C32H33FN4O6. The van der Waals surface area contributed by atoms with Crippen molar-refractivity contribution >= 4 is 23.2 Å². The Hall–Kier alpha value is -4.90. The number of carbonyl (C=O) groups is 2. The van der Waals surface area contributed by atoms with Gasteiger partial charge < -0.3 is 33.9 Å². The van der Waals surface area contributed by atoms with Crippen LogP contribution in [0.5, 0.6) is 11.5 Å². The van der Waals surface area contributed by atoms with Gasteiger partial charge in [-0.15, -0.1) is 0 Å². The number of aromatic nitrogens is 1. The van der Waals surface area contributed by atoms with E-state index in [1.165, 1.54) is 17.0 Å². The van der Waals surface area contributed by atoms with Crippen LogP contribution < -0.4 is 19.7 Å². The topological polar surface area (TPSA) is 106 Å². The number of nitrogens with one attached hydrogen (secondary N) is 1. The molecule has 1 fully saturated rings. The summed E-state index contributed by atoms with van der Waals surface area (Å²) in [7, 11) is 4.78. The third kappa shape index (κ3) is 6.78. The quantitative estimate of drug-likeness (QED) is 0.286. The highest BCUT2D eigenvalue weighted by Gasteiger charge is 2.21. The summed E-state index contributed by atoms with van der Waals surface area (Å²) in [5.41, 5.74) is 4.16. The molecule has 0 aliphatic carbocycles. The van der Waals surface area contributed by atoms with Crippen LogP contribution in [-0.2, 0) is 11.3 Å². The Morgan fingerprint density at radius 1 is 1.00 bits per heavy atom. The predicted octanol–water partition coefficient (Wildman–Crippen LogP) is 5.17. The Morgan fingerprint density at radius 2 is 1.77 bits per heavy atom. The van der Waals surface area contributed by atoms with E-state index in [-0.39, 0.29) is 17.2 Å². The van der Waals surface area contributed by atoms with Gasteiger partial charge in [-0.2, -0.15) is 0 Å². The first-order valence-electron chi connectivity index (χ1n) is 13.7. The molecule has 0 saturated carbocycles. The van der Waals surface area contributed by atoms with Crippen LogP contribution in [-0.4, -0.2) is 69.4 Å². The molecule has 10 nitrogen and oxygen atoms in total. The molecule has 0 unspecified atom stereocenters. The number of carbonyl (C=O) groups excluding carboxylic acids is 2. The van der Waals surface area contributed by atoms with Gasteiger partial charge in [0.05, 0.1) is 27.4 Å². The van der Waals surface area contributed by atoms with Gasteiger partial charge in [-0.05, 0) is 60.5 Å². The monoisotopic (exact) mass is 588 g/mol. The highest BCUT2D eigenvalue weighted by molar-refractivity contribution is 6.05. The van der Waals surface area contributed by atoms with E-state index in [1.807, 2.05) is 30.0 Å². The molecule has 1 aromatic heterocycles. The second kappa shape index (κ2) is 13.0. The van der Waals surface area contributed by atoms with Crippen LogP contribution in [0.25, 0.3) is 11.3 Å². The third-order valence-electron chi connectivity index (χ3n) is 7.23. The average molecular weight is 589 g/mol. The molecule has 1 saturated heterocycles. The molecule has 11 heteroatoms. The summed E-state index contributed by atoms with van der Waals surface area (Å²) in [4.78, 5) is 29.7. The fourth-order valence-corrected chi connectivity index (χ4v) is 4.90. The summed E-state index contributed by atoms with van der Waals surface area (Å²) in [6.07, 6.45) is 0. The number of rotatable bonds is 9. The van der Waals surface area contributed by atoms with Gasteiger partial charge in [-0.25, -0.2) is 4.39 Å². The summed E-state index contributed by atoms with van der Waals surface area (Å²) in [6, 6.07) is 16.6. The Bertz CT molecular complexity index is 1630. The van der Waals surface area contributed by atoms with Crippen LogP contribution in [0.15, 0.2) is 65.2 Å². The van der Waals surface area contributed by atoms with Crippen LogP contribution >= 0.6 is 0 Å². The summed E-state index contributed by atoms with van der Waals surface area (Å²) in [6.45, 7) is 4.55. The van der Waals surface area contributed by atoms with Gasteiger partial charge in [0.15, 0.2) is 11.5 Å². The van der Waals surface area contributed by atoms with Crippen LogP contribution in [0.1, 0.15) is 32.0 Å². The first kappa shape index (κ1) is 29.6. The van der Waals surface area contributed by atoms with Crippen molar-refractivity contribution in [3.05, 3.63) is 88.9 Å². The average Bonchev–Trinajstić information content (AvgIpc) is 3.51. The normalized spacial score (nSPS) is 13.0. The number of methoxy groups -OCH3 is 2. The van der Waals surface area contributed by atoms with E-state index in [0.717, 1.165) is 11.1 Å². The number of halogens is 1. The van der Waals surface area contributed by atoms with E-state index in [2.05, 4.69) is 10.5 Å². The maximum atomic E-state index is 14.4. The molecule has 0 bridgehead atoms. The van der Waals surface area contributed by atoms with Gasteiger partial charge in [0.25, 0.3) is 11.8 Å². The summed E-state index contributed by atoms with van der Waals surface area (Å²) >= 11 is 0. The van der Waals surface area contributed by atoms with Crippen LogP contribution in [0.2, 0.25) is 0 Å². The summed E-state index contributed by atoms with van der Waals surface area (Å²) in [5, 5.41) is 6.97. The van der Waals surface area contributed by atoms with Gasteiger partial charge in [0.2, 0.25) is 5.76 Å². The standard InChI is InChI=1S/C32H33FN4O6/c1-20-5-7-24(34-31(38)22-14-23(33)16-25(15-22)37-9-11-42-12-10-37)17-26(20)27-18-30(43-35-27)32(39)36(2)19-21-6-8-28(40-3)29(13-21)41-4/h5-8,13-18H,9-12,19H2,1-4H3,(H,34,38). The second-order valence-corrected chi connectivity index (χ2v) is 10.2. The smallest absolute Gasteiger partial charge is 0.292 e. The van der Waals surface area contributed by atoms with Gasteiger partial charge in [0.1, 0.15) is 11.5 Å². The van der Waals surface area contributed by atoms with E-state index in [1.54, 1.807) is 51.6 Å². The van der Waals surface area contributed by atoms with Crippen molar-refractivity contribution in [2.24, 2.45) is 0 Å². The fraction of sp³-hybridized carbons (Fsp3) is 0.281. The number of hydrogen-bond acceptors (Lipinski definition) is 8. The van der Waals surface area contributed by atoms with E-state index in [0.29, 0.717) is 67.0 Å². The van der Waals surface area contributed by atoms with Crippen LogP contribution in [0, 0.1) is 12.7 Å². The SMILES string of the molecule is COc1ccc(CN(C)C(=O)c2cc(-c3cc(NC(=O)c4cc(F)cc(N5CCOCC5)c4)ccc3C)no2)cc1OC. The maximum absolute atomic E-state index is 14.4. The predicted molar refractivity (Wildman–Crippen MR) is 159 cm³/mol. The Kier molecular flexibility index (Phi) is 8.91. The van der Waals surface area contributed by atoms with Crippen molar-refractivity contribution in [2.45, 2.75) is 13.5 Å². The number of aryl methyl sites for hydroxylation is 1. The van der Waals surface area contributed by atoms with Crippen molar-refractivity contribution in [3.8, 4) is 22.8 Å². The van der Waals surface area contributed by atoms with Gasteiger partial charge in [-0.3, -0.25) is 9.59 Å². The minimum absolute atomic E-state index is 0.0715. The lowest BCUT2D eigenvalue weighted by Crippen LogP contribution is -2.36. The zero-order chi connectivity index (χ0) is 30.5. The third-order valence-corrected chi connectivity index (χ3v) is 7.23. The highest BCUT2D eigenvalue weighted by Crippen LogP contribution is 2.30. The number of ether oxygens (including phenoxy) is 3. The molecule has 0 spiro atoms. The van der Waals surface area contributed by atoms with Crippen molar-refractivity contribution in [1.82, 2.24) is 10.1 Å². The Labute approximate surface area is 248 Å². The van der Waals surface area contributed by atoms with Gasteiger partial charge in [-0.1, -0.05) is 17.3 Å². The molecule has 43 heavy (non-hydrogen) atoms. The molecule has 1 aliphatic heterocycles. The minimum Gasteiger partial charge on any atom is -0.493 e. The second-order valence-electron chi connectivity index (χ2n) is 10.2. The lowest BCUT2D eigenvalue weighted by atomic mass is 10.0. The minimum atomic E-state index is -0.491. The molecular weight excluding hydrogens is 555 g/mol. The fourth-order valence-electron chi connectivity index (χ4n) is 4.90. The van der Waals surface area contributed by atoms with Crippen molar-refractivity contribution in [1.29, 1.82) is 0 Å². The molecule has 0 radical (unpaired) electrons. The number of amides is 2. The molecule has 5 rings (SSSR count). The number of morpholine rings is 1. The number of anilines is 2. The lowest BCUT2D eigenvalue weighted by Gasteiger charge is -2.29. The lowest BCUT2D eigenvalue weighted by molar-refractivity contribution is 0.0743.